The molecule has 4 nitrogen and oxygen atoms in total. The average Bonchev–Trinajstić information content (AvgIpc) is 2.61. The number of benzene rings is 2. The van der Waals surface area contributed by atoms with Crippen LogP contribution in [-0.2, 0) is 10.5 Å². The van der Waals surface area contributed by atoms with Gasteiger partial charge in [-0.05, 0) is 29.8 Å². The molecule has 0 saturated carbocycles. The fourth-order valence-corrected chi connectivity index (χ4v) is 2.80. The molecule has 0 aliphatic heterocycles. The first-order valence-corrected chi connectivity index (χ1v) is 8.69. The third-order valence-electron chi connectivity index (χ3n) is 3.17. The quantitative estimate of drug-likeness (QED) is 0.706. The molecule has 0 aliphatic rings. The largest absolute Gasteiger partial charge is 0.493 e. The maximum Gasteiger partial charge on any atom is 0.230 e. The first-order chi connectivity index (χ1) is 11.7. The number of halogens is 1. The number of rotatable bonds is 9. The molecule has 0 radical (unpaired) electrons. The van der Waals surface area contributed by atoms with Crippen molar-refractivity contribution in [3.8, 4) is 11.5 Å². The van der Waals surface area contributed by atoms with Crippen LogP contribution in [0.25, 0.3) is 0 Å². The van der Waals surface area contributed by atoms with Crippen LogP contribution in [0.4, 0.5) is 4.39 Å². The molecule has 0 bridgehead atoms. The Labute approximate surface area is 145 Å². The second kappa shape index (κ2) is 9.82. The van der Waals surface area contributed by atoms with Crippen molar-refractivity contribution >= 4 is 17.7 Å². The van der Waals surface area contributed by atoms with Crippen LogP contribution in [0.5, 0.6) is 11.5 Å². The summed E-state index contributed by atoms with van der Waals surface area (Å²) in [6.07, 6.45) is 0. The van der Waals surface area contributed by atoms with E-state index >= 15 is 0 Å². The average molecular weight is 349 g/mol. The molecule has 6 heteroatoms. The lowest BCUT2D eigenvalue weighted by Crippen LogP contribution is -2.29. The Bertz CT molecular complexity index is 649. The molecule has 2 aromatic carbocycles. The van der Waals surface area contributed by atoms with Gasteiger partial charge >= 0.3 is 0 Å². The van der Waals surface area contributed by atoms with Gasteiger partial charge in [-0.15, -0.1) is 11.8 Å². The highest BCUT2D eigenvalue weighted by atomic mass is 32.2. The van der Waals surface area contributed by atoms with Gasteiger partial charge in [0.05, 0.1) is 19.4 Å². The highest BCUT2D eigenvalue weighted by Gasteiger charge is 2.04. The Kier molecular flexibility index (Phi) is 7.42. The molecule has 24 heavy (non-hydrogen) atoms. The normalized spacial score (nSPS) is 10.2. The van der Waals surface area contributed by atoms with Crippen LogP contribution in [0.3, 0.4) is 0 Å². The van der Waals surface area contributed by atoms with Gasteiger partial charge in [0.25, 0.3) is 0 Å². The predicted molar refractivity (Wildman–Crippen MR) is 94.1 cm³/mol. The van der Waals surface area contributed by atoms with E-state index in [2.05, 4.69) is 5.32 Å². The zero-order chi connectivity index (χ0) is 17.2. The number of para-hydroxylation sites is 2. The van der Waals surface area contributed by atoms with Crippen LogP contribution in [0.1, 0.15) is 5.56 Å². The zero-order valence-electron chi connectivity index (χ0n) is 13.5. The van der Waals surface area contributed by atoms with E-state index < -0.39 is 0 Å². The summed E-state index contributed by atoms with van der Waals surface area (Å²) in [6.45, 7) is 0.794. The molecule has 1 amide bonds. The van der Waals surface area contributed by atoms with Gasteiger partial charge in [0.1, 0.15) is 12.4 Å². The molecule has 0 fully saturated rings. The number of hydrogen-bond donors (Lipinski definition) is 1. The van der Waals surface area contributed by atoms with Crippen molar-refractivity contribution in [1.82, 2.24) is 5.32 Å². The molecule has 128 valence electrons. The Morgan fingerprint density at radius 1 is 1.12 bits per heavy atom. The molecule has 0 aliphatic carbocycles. The van der Waals surface area contributed by atoms with Crippen molar-refractivity contribution in [2.75, 3.05) is 26.0 Å². The summed E-state index contributed by atoms with van der Waals surface area (Å²) >= 11 is 1.49. The number of thioether (sulfide) groups is 1. The highest BCUT2D eigenvalue weighted by Crippen LogP contribution is 2.25. The topological polar surface area (TPSA) is 47.6 Å². The number of ether oxygens (including phenoxy) is 2. The Morgan fingerprint density at radius 2 is 1.83 bits per heavy atom. The van der Waals surface area contributed by atoms with Crippen LogP contribution in [-0.4, -0.2) is 31.9 Å². The van der Waals surface area contributed by atoms with E-state index in [9.17, 15) is 9.18 Å². The monoisotopic (exact) mass is 349 g/mol. The molecule has 0 atom stereocenters. The minimum atomic E-state index is -0.253. The maximum absolute atomic E-state index is 12.8. The number of amides is 1. The first kappa shape index (κ1) is 18.1. The van der Waals surface area contributed by atoms with E-state index in [4.69, 9.17) is 9.47 Å². The van der Waals surface area contributed by atoms with E-state index in [1.165, 1.54) is 23.9 Å². The second-order valence-corrected chi connectivity index (χ2v) is 5.95. The Balaban J connectivity index is 1.60. The minimum Gasteiger partial charge on any atom is -0.493 e. The minimum absolute atomic E-state index is 0.0502. The molecule has 2 rings (SSSR count). The third-order valence-corrected chi connectivity index (χ3v) is 4.17. The van der Waals surface area contributed by atoms with Crippen LogP contribution < -0.4 is 14.8 Å². The summed E-state index contributed by atoms with van der Waals surface area (Å²) in [6, 6.07) is 13.7. The molecule has 1 N–H and O–H groups in total. The second-order valence-electron chi connectivity index (χ2n) is 4.97. The summed E-state index contributed by atoms with van der Waals surface area (Å²) in [5.74, 6) is 2.04. The summed E-state index contributed by atoms with van der Waals surface area (Å²) in [7, 11) is 1.59. The number of carbonyl (C=O) groups is 1. The van der Waals surface area contributed by atoms with Gasteiger partial charge in [-0.3, -0.25) is 4.79 Å². The Morgan fingerprint density at radius 3 is 2.54 bits per heavy atom. The first-order valence-electron chi connectivity index (χ1n) is 7.54. The summed E-state index contributed by atoms with van der Waals surface area (Å²) in [5, 5.41) is 2.80. The SMILES string of the molecule is COc1ccccc1OCCNC(=O)CSCc1ccc(F)cc1. The fraction of sp³-hybridized carbons (Fsp3) is 0.278. The molecule has 2 aromatic rings. The van der Waals surface area contributed by atoms with Crippen molar-refractivity contribution in [1.29, 1.82) is 0 Å². The summed E-state index contributed by atoms with van der Waals surface area (Å²) < 4.78 is 23.6. The lowest BCUT2D eigenvalue weighted by Gasteiger charge is -2.10. The molecule has 0 heterocycles. The van der Waals surface area contributed by atoms with Crippen molar-refractivity contribution in [3.05, 3.63) is 59.9 Å². The van der Waals surface area contributed by atoms with Crippen LogP contribution in [0.2, 0.25) is 0 Å². The van der Waals surface area contributed by atoms with Crippen molar-refractivity contribution in [3.63, 3.8) is 0 Å². The van der Waals surface area contributed by atoms with E-state index in [0.29, 0.717) is 36.2 Å². The number of nitrogens with one attached hydrogen (secondary N) is 1. The smallest absolute Gasteiger partial charge is 0.230 e. The van der Waals surface area contributed by atoms with Gasteiger partial charge in [-0.2, -0.15) is 0 Å². The van der Waals surface area contributed by atoms with Crippen molar-refractivity contribution < 1.29 is 18.7 Å². The molecular weight excluding hydrogens is 329 g/mol. The fourth-order valence-electron chi connectivity index (χ4n) is 1.98. The van der Waals surface area contributed by atoms with Crippen molar-refractivity contribution in [2.45, 2.75) is 5.75 Å². The standard InChI is InChI=1S/C18H20FNO3S/c1-22-16-4-2-3-5-17(16)23-11-10-20-18(21)13-24-12-14-6-8-15(19)9-7-14/h2-9H,10-13H2,1H3,(H,20,21). The molecular formula is C18H20FNO3S. The van der Waals surface area contributed by atoms with Gasteiger partial charge in [-0.25, -0.2) is 4.39 Å². The van der Waals surface area contributed by atoms with Crippen LogP contribution >= 0.6 is 11.8 Å². The molecule has 0 spiro atoms. The van der Waals surface area contributed by atoms with Gasteiger partial charge < -0.3 is 14.8 Å². The third kappa shape index (κ3) is 6.12. The molecule has 0 aromatic heterocycles. The van der Waals surface area contributed by atoms with Crippen LogP contribution in [0.15, 0.2) is 48.5 Å². The predicted octanol–water partition coefficient (Wildman–Crippen LogP) is 3.26. The lowest BCUT2D eigenvalue weighted by molar-refractivity contribution is -0.118. The lowest BCUT2D eigenvalue weighted by atomic mass is 10.2. The number of methoxy groups -OCH3 is 1. The van der Waals surface area contributed by atoms with Gasteiger partial charge in [0.15, 0.2) is 11.5 Å². The zero-order valence-corrected chi connectivity index (χ0v) is 14.3. The summed E-state index contributed by atoms with van der Waals surface area (Å²) in [4.78, 5) is 11.7. The molecule has 0 unspecified atom stereocenters. The summed E-state index contributed by atoms with van der Waals surface area (Å²) in [5.41, 5.74) is 0.994. The van der Waals surface area contributed by atoms with Crippen molar-refractivity contribution in [2.24, 2.45) is 0 Å². The van der Waals surface area contributed by atoms with E-state index in [1.807, 2.05) is 24.3 Å². The van der Waals surface area contributed by atoms with Gasteiger partial charge in [0, 0.05) is 5.75 Å². The maximum atomic E-state index is 12.8. The van der Waals surface area contributed by atoms with E-state index in [-0.39, 0.29) is 11.7 Å². The van der Waals surface area contributed by atoms with E-state index in [1.54, 1.807) is 19.2 Å². The Hall–Kier alpha value is -2.21. The van der Waals surface area contributed by atoms with Gasteiger partial charge in [0.2, 0.25) is 5.91 Å². The van der Waals surface area contributed by atoms with E-state index in [0.717, 1.165) is 5.56 Å². The van der Waals surface area contributed by atoms with Crippen LogP contribution in [0, 0.1) is 5.82 Å². The molecule has 0 saturated heterocycles. The number of hydrogen-bond acceptors (Lipinski definition) is 4. The number of carbonyl (C=O) groups excluding carboxylic acids is 1. The van der Waals surface area contributed by atoms with Gasteiger partial charge in [-0.1, -0.05) is 24.3 Å². The highest BCUT2D eigenvalue weighted by molar-refractivity contribution is 7.99.